The van der Waals surface area contributed by atoms with Gasteiger partial charge in [-0.2, -0.15) is 0 Å². The smallest absolute Gasteiger partial charge is 0.408 e. The van der Waals surface area contributed by atoms with E-state index >= 15 is 0 Å². The van der Waals surface area contributed by atoms with Crippen molar-refractivity contribution in [3.8, 4) is 5.69 Å². The Labute approximate surface area is 223 Å². The average molecular weight is 535 g/mol. The maximum Gasteiger partial charge on any atom is 0.408 e. The minimum Gasteiger partial charge on any atom is -0.444 e. The molecule has 11 nitrogen and oxygen atoms in total. The Bertz CT molecular complexity index is 1130. The molecule has 1 aromatic heterocycles. The molecule has 1 aromatic carbocycles. The number of aromatic nitrogens is 4. The van der Waals surface area contributed by atoms with E-state index in [4.69, 9.17) is 17.7 Å². The van der Waals surface area contributed by atoms with Crippen molar-refractivity contribution in [2.45, 2.75) is 85.0 Å². The number of nitrogens with zero attached hydrogens (tertiary/aromatic N) is 5. The summed E-state index contributed by atoms with van der Waals surface area (Å²) in [6.45, 7) is 8.98. The van der Waals surface area contributed by atoms with Crippen LogP contribution in [0.2, 0.25) is 5.02 Å². The van der Waals surface area contributed by atoms with Crippen LogP contribution in [0.3, 0.4) is 0 Å². The van der Waals surface area contributed by atoms with Gasteiger partial charge >= 0.3 is 6.09 Å². The highest BCUT2D eigenvalue weighted by molar-refractivity contribution is 6.30. The number of rotatable bonds is 9. The van der Waals surface area contributed by atoms with Gasteiger partial charge in [0.25, 0.3) is 0 Å². The van der Waals surface area contributed by atoms with Crippen LogP contribution < -0.4 is 10.6 Å². The quantitative estimate of drug-likeness (QED) is 0.504. The maximum atomic E-state index is 13.7. The van der Waals surface area contributed by atoms with Crippen LogP contribution in [0.1, 0.15) is 67.7 Å². The fourth-order valence-electron chi connectivity index (χ4n) is 3.77. The molecular formula is C25H36ClN7O4. The summed E-state index contributed by atoms with van der Waals surface area (Å²) in [5.41, 5.74) is 0.0878. The summed E-state index contributed by atoms with van der Waals surface area (Å²) in [6.07, 6.45) is 2.51. The predicted molar refractivity (Wildman–Crippen MR) is 138 cm³/mol. The van der Waals surface area contributed by atoms with Gasteiger partial charge in [-0.15, -0.1) is 5.10 Å². The van der Waals surface area contributed by atoms with Crippen LogP contribution >= 0.6 is 11.6 Å². The molecular weight excluding hydrogens is 498 g/mol. The van der Waals surface area contributed by atoms with E-state index in [1.807, 2.05) is 13.8 Å². The zero-order valence-corrected chi connectivity index (χ0v) is 22.7. The molecule has 0 aliphatic heterocycles. The summed E-state index contributed by atoms with van der Waals surface area (Å²) >= 11 is 6.17. The summed E-state index contributed by atoms with van der Waals surface area (Å²) < 4.78 is 14.7. The normalized spacial score (nSPS) is 14.9. The monoisotopic (exact) mass is 534 g/mol. The summed E-state index contributed by atoms with van der Waals surface area (Å²) in [7, 11) is 0. The van der Waals surface area contributed by atoms with Gasteiger partial charge in [0.05, 0.1) is 12.2 Å². The molecule has 3 rings (SSSR count). The Hall–Kier alpha value is -3.21. The molecule has 1 fully saturated rings. The lowest BCUT2D eigenvalue weighted by Crippen LogP contribution is -2.53. The summed E-state index contributed by atoms with van der Waals surface area (Å²) in [5, 5.41) is 17.2. The van der Waals surface area contributed by atoms with E-state index in [1.165, 1.54) is 15.9 Å². The van der Waals surface area contributed by atoms with Crippen LogP contribution in [0.15, 0.2) is 24.5 Å². The first-order chi connectivity index (χ1) is 17.8. The highest BCUT2D eigenvalue weighted by atomic mass is 35.5. The lowest BCUT2D eigenvalue weighted by atomic mass is 9.87. The third kappa shape index (κ3) is 8.99. The molecule has 2 aromatic rings. The predicted octanol–water partition coefficient (Wildman–Crippen LogP) is 3.25. The number of halogens is 1. The first-order valence-electron chi connectivity index (χ1n) is 12.9. The van der Waals surface area contributed by atoms with E-state index in [0.29, 0.717) is 16.3 Å². The Morgan fingerprint density at radius 2 is 2.00 bits per heavy atom. The van der Waals surface area contributed by atoms with E-state index in [9.17, 15) is 14.4 Å². The van der Waals surface area contributed by atoms with Gasteiger partial charge in [0, 0.05) is 19.0 Å². The van der Waals surface area contributed by atoms with E-state index in [1.54, 1.807) is 39.0 Å². The fourth-order valence-corrected chi connectivity index (χ4v) is 3.97. The van der Waals surface area contributed by atoms with Crippen molar-refractivity contribution in [1.29, 1.82) is 0 Å². The lowest BCUT2D eigenvalue weighted by Gasteiger charge is -2.32. The molecule has 12 heteroatoms. The van der Waals surface area contributed by atoms with Gasteiger partial charge in [-0.05, 0) is 79.6 Å². The SMILES string of the molecule is [2H]CC(C)(C)C[C@H](NC(=O)OC(C)(C)C)C(=O)N(CC(=O)NCc1cc(Cl)ccc1-n1cnnn1)C1CC1. The zero-order chi connectivity index (χ0) is 28.1. The molecule has 1 atom stereocenters. The number of carbonyl (C=O) groups excluding carboxylic acids is 3. The van der Waals surface area contributed by atoms with Crippen molar-refractivity contribution in [3.63, 3.8) is 0 Å². The molecule has 0 spiro atoms. The standard InChI is InChI=1S/C25H36ClN7O4/c1-24(2,3)12-19(29-23(36)37-25(4,5)6)22(35)32(18-8-9-18)14-21(34)27-13-16-11-17(26)7-10-20(16)33-15-28-30-31-33/h7,10-11,15,18-19H,8-9,12-14H2,1-6H3,(H,27,34)(H,29,36)/t19-/m0/s1/i1D. The number of hydrogen-bond acceptors (Lipinski definition) is 7. The number of hydrogen-bond donors (Lipinski definition) is 2. The molecule has 3 amide bonds. The van der Waals surface area contributed by atoms with Gasteiger partial charge in [-0.3, -0.25) is 9.59 Å². The van der Waals surface area contributed by atoms with Gasteiger partial charge in [-0.25, -0.2) is 9.48 Å². The van der Waals surface area contributed by atoms with Crippen molar-refractivity contribution < 1.29 is 20.5 Å². The number of tetrazole rings is 1. The van der Waals surface area contributed by atoms with Crippen LogP contribution in [-0.2, 0) is 20.9 Å². The third-order valence-corrected chi connectivity index (χ3v) is 5.68. The van der Waals surface area contributed by atoms with Crippen molar-refractivity contribution in [3.05, 3.63) is 35.1 Å². The van der Waals surface area contributed by atoms with Crippen molar-refractivity contribution >= 4 is 29.5 Å². The summed E-state index contributed by atoms with van der Waals surface area (Å²) in [6, 6.07) is 4.15. The minimum atomic E-state index is -0.932. The number of ether oxygens (including phenoxy) is 1. The second-order valence-electron chi connectivity index (χ2n) is 11.1. The average Bonchev–Trinajstić information content (AvgIpc) is 3.52. The van der Waals surface area contributed by atoms with Gasteiger partial charge in [0.15, 0.2) is 0 Å². The van der Waals surface area contributed by atoms with Crippen LogP contribution in [0, 0.1) is 5.41 Å². The van der Waals surface area contributed by atoms with E-state index in [-0.39, 0.29) is 44.3 Å². The molecule has 0 saturated heterocycles. The van der Waals surface area contributed by atoms with Gasteiger partial charge in [0.2, 0.25) is 11.8 Å². The Kier molecular flexibility index (Phi) is 8.31. The zero-order valence-electron chi connectivity index (χ0n) is 23.0. The van der Waals surface area contributed by atoms with Crippen molar-refractivity contribution in [2.75, 3.05) is 6.54 Å². The number of nitrogens with one attached hydrogen (secondary N) is 2. The van der Waals surface area contributed by atoms with Gasteiger partial charge in [0.1, 0.15) is 18.0 Å². The first kappa shape index (κ1) is 26.8. The molecule has 1 heterocycles. The van der Waals surface area contributed by atoms with E-state index in [2.05, 4.69) is 26.2 Å². The molecule has 0 unspecified atom stereocenters. The minimum absolute atomic E-state index is 0.0694. The van der Waals surface area contributed by atoms with E-state index < -0.39 is 23.2 Å². The van der Waals surface area contributed by atoms with Crippen LogP contribution in [-0.4, -0.2) is 67.2 Å². The van der Waals surface area contributed by atoms with Gasteiger partial charge in [-0.1, -0.05) is 32.3 Å². The second-order valence-corrected chi connectivity index (χ2v) is 11.5. The lowest BCUT2D eigenvalue weighted by molar-refractivity contribution is -0.139. The van der Waals surface area contributed by atoms with E-state index in [0.717, 1.165) is 12.8 Å². The number of carbonyl (C=O) groups is 3. The third-order valence-electron chi connectivity index (χ3n) is 5.44. The number of alkyl carbamates (subject to hydrolysis) is 1. The Morgan fingerprint density at radius 3 is 2.59 bits per heavy atom. The maximum absolute atomic E-state index is 13.7. The largest absolute Gasteiger partial charge is 0.444 e. The summed E-state index contributed by atoms with van der Waals surface area (Å²) in [5.74, 6) is -0.726. The molecule has 0 radical (unpaired) electrons. The van der Waals surface area contributed by atoms with Crippen LogP contribution in [0.25, 0.3) is 5.69 Å². The molecule has 2 N–H and O–H groups in total. The van der Waals surface area contributed by atoms with Crippen molar-refractivity contribution in [1.82, 2.24) is 35.7 Å². The van der Waals surface area contributed by atoms with Crippen LogP contribution in [0.5, 0.6) is 0 Å². The van der Waals surface area contributed by atoms with Crippen LogP contribution in [0.4, 0.5) is 4.79 Å². The highest BCUT2D eigenvalue weighted by Crippen LogP contribution is 2.29. The molecule has 37 heavy (non-hydrogen) atoms. The highest BCUT2D eigenvalue weighted by Gasteiger charge is 2.39. The second kappa shape index (κ2) is 11.5. The summed E-state index contributed by atoms with van der Waals surface area (Å²) in [4.78, 5) is 40.7. The first-order valence-corrected chi connectivity index (χ1v) is 12.5. The number of benzene rings is 1. The fraction of sp³-hybridized carbons (Fsp3) is 0.600. The molecule has 1 aliphatic carbocycles. The van der Waals surface area contributed by atoms with Crippen molar-refractivity contribution in [2.24, 2.45) is 5.41 Å². The topological polar surface area (TPSA) is 131 Å². The molecule has 1 saturated carbocycles. The Morgan fingerprint density at radius 1 is 1.27 bits per heavy atom. The number of amides is 3. The molecule has 202 valence electrons. The molecule has 1 aliphatic rings. The Balaban J connectivity index is 1.71. The van der Waals surface area contributed by atoms with Gasteiger partial charge < -0.3 is 20.3 Å². The molecule has 0 bridgehead atoms.